The highest BCUT2D eigenvalue weighted by Crippen LogP contribution is 2.32. The van der Waals surface area contributed by atoms with Gasteiger partial charge >= 0.3 is 5.69 Å². The number of rotatable bonds is 2. The zero-order valence-electron chi connectivity index (χ0n) is 9.18. The lowest BCUT2D eigenvalue weighted by atomic mass is 10.1. The molecule has 6 N–H and O–H groups in total. The Kier molecular flexibility index (Phi) is 3.09. The first-order valence-electron chi connectivity index (χ1n) is 5.14. The van der Waals surface area contributed by atoms with Crippen molar-refractivity contribution in [1.29, 1.82) is 0 Å². The minimum absolute atomic E-state index is 0.606. The van der Waals surface area contributed by atoms with Crippen LogP contribution in [0.4, 0.5) is 0 Å². The van der Waals surface area contributed by atoms with Gasteiger partial charge in [0.05, 0.1) is 6.61 Å². The first-order chi connectivity index (χ1) is 8.39. The van der Waals surface area contributed by atoms with Gasteiger partial charge in [-0.05, 0) is 0 Å². The van der Waals surface area contributed by atoms with Crippen molar-refractivity contribution in [3.63, 3.8) is 0 Å². The van der Waals surface area contributed by atoms with E-state index in [0.717, 1.165) is 16.8 Å². The third-order valence-electron chi connectivity index (χ3n) is 2.83. The Labute approximate surface area is 100 Å². The summed E-state index contributed by atoms with van der Waals surface area (Å²) in [6, 6.07) is 1.05. The molecule has 0 amide bonds. The summed E-state index contributed by atoms with van der Waals surface area (Å²) in [6.45, 7) is -0.736. The topological polar surface area (TPSA) is 151 Å². The minimum Gasteiger partial charge on any atom is -0.392 e. The third kappa shape index (κ3) is 1.87. The molecule has 1 aromatic heterocycles. The maximum absolute atomic E-state index is 11.5. The molecule has 2 rings (SSSR count). The molecule has 1 aliphatic heterocycles. The second-order valence-corrected chi connectivity index (χ2v) is 4.07. The van der Waals surface area contributed by atoms with Gasteiger partial charge in [-0.1, -0.05) is 0 Å². The Bertz CT molecular complexity index is 554. The van der Waals surface area contributed by atoms with E-state index in [2.05, 4.69) is 0 Å². The number of nitrogens with zero attached hydrogens (tertiary/aromatic N) is 1. The summed E-state index contributed by atoms with van der Waals surface area (Å²) in [5.41, 5.74) is 2.24. The lowest BCUT2D eigenvalue weighted by Crippen LogP contribution is -2.54. The number of aromatic nitrogens is 2. The quantitative estimate of drug-likeness (QED) is 0.368. The molecule has 1 fully saturated rings. The molecule has 0 bridgehead atoms. The Balaban J connectivity index is 2.41. The highest BCUT2D eigenvalue weighted by Gasteiger charge is 2.52. The van der Waals surface area contributed by atoms with Gasteiger partial charge in [0, 0.05) is 12.3 Å². The van der Waals surface area contributed by atoms with Gasteiger partial charge in [0.1, 0.15) is 12.2 Å². The summed E-state index contributed by atoms with van der Waals surface area (Å²) < 4.78 is 5.97. The molecule has 0 unspecified atom stereocenters. The van der Waals surface area contributed by atoms with Crippen LogP contribution in [0.1, 0.15) is 6.23 Å². The molecule has 100 valence electrons. The van der Waals surface area contributed by atoms with Crippen LogP contribution in [0.5, 0.6) is 0 Å². The number of aliphatic hydroxyl groups is 3. The second kappa shape index (κ2) is 4.30. The van der Waals surface area contributed by atoms with Crippen molar-refractivity contribution in [1.82, 2.24) is 9.55 Å². The van der Waals surface area contributed by atoms with Crippen LogP contribution < -0.4 is 17.0 Å². The Hall–Kier alpha value is -1.52. The van der Waals surface area contributed by atoms with Crippen molar-refractivity contribution in [3.8, 4) is 0 Å². The third-order valence-corrected chi connectivity index (χ3v) is 2.83. The van der Waals surface area contributed by atoms with Crippen LogP contribution in [-0.4, -0.2) is 49.4 Å². The fourth-order valence-electron chi connectivity index (χ4n) is 1.79. The van der Waals surface area contributed by atoms with E-state index in [-0.39, 0.29) is 0 Å². The fraction of sp³-hybridized carbons (Fsp3) is 0.556. The molecule has 0 aromatic carbocycles. The van der Waals surface area contributed by atoms with Crippen LogP contribution in [0.25, 0.3) is 0 Å². The average molecular weight is 259 g/mol. The summed E-state index contributed by atoms with van der Waals surface area (Å²) in [7, 11) is 0. The number of nitrogens with one attached hydrogen (secondary N) is 1. The minimum atomic E-state index is -1.86. The maximum Gasteiger partial charge on any atom is 0.330 e. The van der Waals surface area contributed by atoms with Crippen LogP contribution in [0.15, 0.2) is 21.9 Å². The normalized spacial score (nSPS) is 35.9. The van der Waals surface area contributed by atoms with Crippen molar-refractivity contribution in [2.45, 2.75) is 24.2 Å². The molecule has 1 aliphatic rings. The number of aliphatic hydroxyl groups excluding tert-OH is 3. The molecule has 0 aliphatic carbocycles. The second-order valence-electron chi connectivity index (χ2n) is 4.07. The van der Waals surface area contributed by atoms with Gasteiger partial charge in [0.15, 0.2) is 12.0 Å². The molecule has 0 radical (unpaired) electrons. The predicted octanol–water partition coefficient (Wildman–Crippen LogP) is -3.57. The number of ether oxygens (including phenoxy) is 1. The average Bonchev–Trinajstić information content (AvgIpc) is 2.55. The van der Waals surface area contributed by atoms with Gasteiger partial charge in [-0.25, -0.2) is 4.79 Å². The highest BCUT2D eigenvalue weighted by atomic mass is 16.6. The lowest BCUT2D eigenvalue weighted by Gasteiger charge is -2.24. The molecule has 0 spiro atoms. The van der Waals surface area contributed by atoms with Crippen molar-refractivity contribution >= 4 is 0 Å². The van der Waals surface area contributed by atoms with Gasteiger partial charge in [-0.3, -0.25) is 20.1 Å². The molecular formula is C9H13N3O6. The summed E-state index contributed by atoms with van der Waals surface area (Å²) >= 11 is 0. The van der Waals surface area contributed by atoms with E-state index in [4.69, 9.17) is 15.6 Å². The van der Waals surface area contributed by atoms with Gasteiger partial charge < -0.3 is 20.1 Å². The van der Waals surface area contributed by atoms with E-state index >= 15 is 0 Å². The molecule has 9 nitrogen and oxygen atoms in total. The molecule has 1 saturated heterocycles. The Morgan fingerprint density at radius 1 is 1.50 bits per heavy atom. The molecule has 18 heavy (non-hydrogen) atoms. The molecule has 9 heteroatoms. The lowest BCUT2D eigenvalue weighted by molar-refractivity contribution is -0.125. The summed E-state index contributed by atoms with van der Waals surface area (Å²) in [5.74, 6) is 0. The SMILES string of the molecule is N[C@]1(CO)O[C@@H](n2ccc(=O)[nH]c2=O)[C@@H](O)[C@@H]1O. The fourth-order valence-corrected chi connectivity index (χ4v) is 1.79. The standard InChI is InChI=1S/C9H13N3O6/c10-9(3-13)6(16)5(15)7(18-9)12-2-1-4(14)11-8(12)17/h1-2,5-7,13,15-16H,3,10H2,(H,11,14,17)/t5-,6-,7+,9+/m0/s1. The molecule has 4 atom stereocenters. The number of H-pyrrole nitrogens is 1. The smallest absolute Gasteiger partial charge is 0.330 e. The van der Waals surface area contributed by atoms with Crippen LogP contribution in [0, 0.1) is 0 Å². The Morgan fingerprint density at radius 2 is 2.17 bits per heavy atom. The van der Waals surface area contributed by atoms with Crippen molar-refractivity contribution in [3.05, 3.63) is 33.1 Å². The molecule has 2 heterocycles. The van der Waals surface area contributed by atoms with Gasteiger partial charge in [-0.2, -0.15) is 0 Å². The van der Waals surface area contributed by atoms with Crippen LogP contribution in [-0.2, 0) is 4.74 Å². The predicted molar refractivity (Wildman–Crippen MR) is 57.5 cm³/mol. The zero-order valence-corrected chi connectivity index (χ0v) is 9.18. The molecular weight excluding hydrogens is 246 g/mol. The first kappa shape index (κ1) is 12.9. The van der Waals surface area contributed by atoms with Crippen LogP contribution in [0.2, 0.25) is 0 Å². The maximum atomic E-state index is 11.5. The number of aromatic amines is 1. The van der Waals surface area contributed by atoms with E-state index < -0.39 is 42.0 Å². The highest BCUT2D eigenvalue weighted by molar-refractivity contribution is 4.98. The van der Waals surface area contributed by atoms with Gasteiger partial charge in [0.25, 0.3) is 5.56 Å². The van der Waals surface area contributed by atoms with Gasteiger partial charge in [0.2, 0.25) is 0 Å². The number of hydrogen-bond donors (Lipinski definition) is 5. The van der Waals surface area contributed by atoms with E-state index in [1.165, 1.54) is 0 Å². The van der Waals surface area contributed by atoms with Crippen LogP contribution in [0.3, 0.4) is 0 Å². The molecule has 0 saturated carbocycles. The number of nitrogens with two attached hydrogens (primary N) is 1. The van der Waals surface area contributed by atoms with Crippen LogP contribution >= 0.6 is 0 Å². The van der Waals surface area contributed by atoms with Crippen molar-refractivity contribution in [2.75, 3.05) is 6.61 Å². The monoisotopic (exact) mass is 259 g/mol. The van der Waals surface area contributed by atoms with E-state index in [1.807, 2.05) is 4.98 Å². The van der Waals surface area contributed by atoms with Gasteiger partial charge in [-0.15, -0.1) is 0 Å². The van der Waals surface area contributed by atoms with E-state index in [1.54, 1.807) is 0 Å². The van der Waals surface area contributed by atoms with E-state index in [9.17, 15) is 19.8 Å². The van der Waals surface area contributed by atoms with E-state index in [0.29, 0.717) is 0 Å². The Morgan fingerprint density at radius 3 is 2.67 bits per heavy atom. The summed E-state index contributed by atoms with van der Waals surface area (Å²) in [4.78, 5) is 24.4. The number of hydrogen-bond acceptors (Lipinski definition) is 7. The van der Waals surface area contributed by atoms with Crippen molar-refractivity contribution in [2.24, 2.45) is 5.73 Å². The first-order valence-corrected chi connectivity index (χ1v) is 5.14. The molecule has 1 aromatic rings. The largest absolute Gasteiger partial charge is 0.392 e. The summed E-state index contributed by atoms with van der Waals surface area (Å²) in [6.07, 6.45) is -3.26. The summed E-state index contributed by atoms with van der Waals surface area (Å²) in [5, 5.41) is 28.4. The zero-order chi connectivity index (χ0) is 13.5. The van der Waals surface area contributed by atoms with Crippen molar-refractivity contribution < 1.29 is 20.1 Å².